The molecule has 0 aliphatic heterocycles. The number of aromatic nitrogens is 4. The van der Waals surface area contributed by atoms with Crippen molar-refractivity contribution in [2.45, 2.75) is 39.9 Å². The zero-order valence-corrected chi connectivity index (χ0v) is 26.8. The van der Waals surface area contributed by atoms with Crippen molar-refractivity contribution in [3.8, 4) is 22.5 Å². The standard InChI is InChI=1S/C26H20N3.C13H12N.Ir/c1-26(2,3)24-14-21(27-15-28-24)16-12-19-17-8-4-6-10-22(17)29-23-11-7-5-9-18(23)20(13-16)25(19)29;1-10-3-6-12(7-4-10)13-8-5-11(2)9-14-13;/h4-12,14-15H,1-3H3;3-6,8-9H,1-2H3;/q2*-1;/i;1D3,2D3;. The molecule has 0 N–H and O–H groups in total. The molecular formula is C39H32IrN4-2. The van der Waals surface area contributed by atoms with Crippen LogP contribution in [0.2, 0.25) is 0 Å². The minimum Gasteiger partial charge on any atom is -0.348 e. The summed E-state index contributed by atoms with van der Waals surface area (Å²) in [5.41, 5.74) is 8.19. The number of fused-ring (bicyclic) bond motifs is 6. The molecule has 0 aliphatic rings. The number of pyridine rings is 1. The number of hydrogen-bond acceptors (Lipinski definition) is 3. The van der Waals surface area contributed by atoms with E-state index in [0.717, 1.165) is 22.3 Å². The minimum atomic E-state index is -2.18. The predicted octanol–water partition coefficient (Wildman–Crippen LogP) is 9.55. The Labute approximate surface area is 280 Å². The van der Waals surface area contributed by atoms with Gasteiger partial charge in [0, 0.05) is 62.4 Å². The van der Waals surface area contributed by atoms with Gasteiger partial charge in [-0.3, -0.25) is 4.98 Å². The van der Waals surface area contributed by atoms with Gasteiger partial charge in [0.2, 0.25) is 0 Å². The molecule has 4 aromatic carbocycles. The van der Waals surface area contributed by atoms with Gasteiger partial charge >= 0.3 is 0 Å². The smallest absolute Gasteiger partial charge is 0.107 e. The SMILES string of the molecule is CC(C)(C)c1cc(-c2[c-]c3c4ccccc4n4c5ccccc5c(c2)c34)ncn1.[2H]C([2H])([2H])c1c[c-]c(-c2ccc(C([2H])([2H])[2H])cn2)cc1.[Ir]. The van der Waals surface area contributed by atoms with E-state index in [-0.39, 0.29) is 36.6 Å². The van der Waals surface area contributed by atoms with Crippen molar-refractivity contribution in [1.29, 1.82) is 0 Å². The van der Waals surface area contributed by atoms with E-state index < -0.39 is 13.7 Å². The van der Waals surface area contributed by atoms with Gasteiger partial charge in [-0.1, -0.05) is 97.9 Å². The largest absolute Gasteiger partial charge is 0.348 e. The second kappa shape index (κ2) is 11.6. The summed E-state index contributed by atoms with van der Waals surface area (Å²) in [4.78, 5) is 13.2. The van der Waals surface area contributed by atoms with E-state index in [2.05, 4.69) is 113 Å². The van der Waals surface area contributed by atoms with Crippen LogP contribution in [-0.4, -0.2) is 19.4 Å². The molecule has 8 rings (SSSR count). The number of aryl methyl sites for hydroxylation is 2. The molecule has 0 saturated heterocycles. The van der Waals surface area contributed by atoms with Crippen LogP contribution in [0.25, 0.3) is 60.6 Å². The summed E-state index contributed by atoms with van der Waals surface area (Å²) in [7, 11) is 0. The first-order chi connectivity index (χ1) is 23.2. The van der Waals surface area contributed by atoms with E-state index in [1.54, 1.807) is 18.5 Å². The van der Waals surface area contributed by atoms with Gasteiger partial charge < -0.3 is 9.38 Å². The molecule has 0 spiro atoms. The molecular weight excluding hydrogens is 717 g/mol. The van der Waals surface area contributed by atoms with Crippen LogP contribution in [0.5, 0.6) is 0 Å². The maximum atomic E-state index is 7.28. The van der Waals surface area contributed by atoms with Gasteiger partial charge in [0.05, 0.1) is 0 Å². The van der Waals surface area contributed by atoms with Crippen LogP contribution in [0, 0.1) is 25.8 Å². The van der Waals surface area contributed by atoms with E-state index >= 15 is 0 Å². The molecule has 0 amide bonds. The Hall–Kier alpha value is -4.44. The Morgan fingerprint density at radius 1 is 0.705 bits per heavy atom. The molecule has 0 saturated carbocycles. The summed E-state index contributed by atoms with van der Waals surface area (Å²) in [6.07, 6.45) is 2.97. The summed E-state index contributed by atoms with van der Waals surface area (Å²) >= 11 is 0. The third-order valence-electron chi connectivity index (χ3n) is 7.68. The number of benzene rings is 4. The molecule has 4 aromatic heterocycles. The van der Waals surface area contributed by atoms with Gasteiger partial charge in [-0.05, 0) is 47.2 Å². The van der Waals surface area contributed by atoms with E-state index in [1.807, 2.05) is 0 Å². The van der Waals surface area contributed by atoms with Gasteiger partial charge in [-0.2, -0.15) is 0 Å². The van der Waals surface area contributed by atoms with Crippen molar-refractivity contribution in [2.24, 2.45) is 0 Å². The summed E-state index contributed by atoms with van der Waals surface area (Å²) in [6, 6.07) is 35.7. The van der Waals surface area contributed by atoms with Gasteiger partial charge in [-0.25, -0.2) is 4.98 Å². The van der Waals surface area contributed by atoms with Crippen LogP contribution in [0.4, 0.5) is 0 Å². The molecule has 0 bridgehead atoms. The van der Waals surface area contributed by atoms with Gasteiger partial charge in [0.15, 0.2) is 0 Å². The average molecular weight is 755 g/mol. The molecule has 44 heavy (non-hydrogen) atoms. The monoisotopic (exact) mass is 755 g/mol. The fourth-order valence-corrected chi connectivity index (χ4v) is 5.55. The zero-order chi connectivity index (χ0) is 34.7. The summed E-state index contributed by atoms with van der Waals surface area (Å²) in [5.74, 6) is 0. The van der Waals surface area contributed by atoms with E-state index in [0.29, 0.717) is 11.3 Å². The molecule has 0 fully saturated rings. The Balaban J connectivity index is 0.000000182. The van der Waals surface area contributed by atoms with E-state index in [4.69, 9.17) is 8.22 Å². The van der Waals surface area contributed by atoms with Crippen LogP contribution in [0.15, 0.2) is 104 Å². The summed E-state index contributed by atoms with van der Waals surface area (Å²) in [5, 5.41) is 4.89. The predicted molar refractivity (Wildman–Crippen MR) is 178 cm³/mol. The molecule has 4 heterocycles. The van der Waals surface area contributed by atoms with Crippen LogP contribution in [-0.2, 0) is 25.5 Å². The van der Waals surface area contributed by atoms with Gasteiger partial charge in [0.25, 0.3) is 0 Å². The summed E-state index contributed by atoms with van der Waals surface area (Å²) in [6.45, 7) is 2.19. The minimum absolute atomic E-state index is 0. The van der Waals surface area contributed by atoms with Crippen molar-refractivity contribution in [1.82, 2.24) is 19.4 Å². The molecule has 5 heteroatoms. The van der Waals surface area contributed by atoms with Crippen molar-refractivity contribution >= 4 is 38.1 Å². The number of rotatable bonds is 2. The van der Waals surface area contributed by atoms with E-state index in [9.17, 15) is 0 Å². The molecule has 8 aromatic rings. The third-order valence-corrected chi connectivity index (χ3v) is 7.68. The third kappa shape index (κ3) is 5.27. The zero-order valence-electron chi connectivity index (χ0n) is 30.4. The molecule has 0 unspecified atom stereocenters. The van der Waals surface area contributed by atoms with E-state index in [1.165, 1.54) is 57.1 Å². The maximum Gasteiger partial charge on any atom is 0.107 e. The second-order valence-electron chi connectivity index (χ2n) is 11.7. The Kier molecular flexibility index (Phi) is 6.05. The normalized spacial score (nSPS) is 14.2. The first-order valence-corrected chi connectivity index (χ1v) is 14.1. The first-order valence-electron chi connectivity index (χ1n) is 17.1. The van der Waals surface area contributed by atoms with Crippen molar-refractivity contribution < 1.29 is 28.3 Å². The quantitative estimate of drug-likeness (QED) is 0.165. The van der Waals surface area contributed by atoms with Crippen molar-refractivity contribution in [2.75, 3.05) is 0 Å². The van der Waals surface area contributed by atoms with Crippen LogP contribution < -0.4 is 0 Å². The van der Waals surface area contributed by atoms with Crippen molar-refractivity contribution in [3.63, 3.8) is 0 Å². The molecule has 4 nitrogen and oxygen atoms in total. The Morgan fingerprint density at radius 2 is 1.43 bits per heavy atom. The van der Waals surface area contributed by atoms with Crippen molar-refractivity contribution in [3.05, 3.63) is 132 Å². The number of nitrogens with zero attached hydrogens (tertiary/aromatic N) is 4. The molecule has 219 valence electrons. The maximum absolute atomic E-state index is 7.28. The van der Waals surface area contributed by atoms with Gasteiger partial charge in [-0.15, -0.1) is 47.5 Å². The fraction of sp³-hybridized carbons (Fsp3) is 0.154. The topological polar surface area (TPSA) is 43.1 Å². The first kappa shape index (κ1) is 23.0. The molecule has 0 atom stereocenters. The van der Waals surface area contributed by atoms with Crippen LogP contribution >= 0.6 is 0 Å². The van der Waals surface area contributed by atoms with Gasteiger partial charge in [0.1, 0.15) is 6.33 Å². The Bertz CT molecular complexity index is 2300. The fourth-order valence-electron chi connectivity index (χ4n) is 5.55. The second-order valence-corrected chi connectivity index (χ2v) is 11.7. The number of para-hydroxylation sites is 2. The number of hydrogen-bond donors (Lipinski definition) is 0. The van der Waals surface area contributed by atoms with Crippen LogP contribution in [0.1, 0.15) is 45.8 Å². The molecule has 1 radical (unpaired) electrons. The summed E-state index contributed by atoms with van der Waals surface area (Å²) < 4.78 is 46.0. The van der Waals surface area contributed by atoms with Crippen LogP contribution in [0.3, 0.4) is 0 Å². The average Bonchev–Trinajstić information content (AvgIpc) is 3.59. The molecule has 0 aliphatic carbocycles. The Morgan fingerprint density at radius 3 is 2.11 bits per heavy atom.